The topological polar surface area (TPSA) is 72.9 Å². The molecular weight excluding hydrogens is 483 g/mol. The molecule has 8 nitrogen and oxygen atoms in total. The molecule has 1 N–H and O–H groups in total. The zero-order valence-electron chi connectivity index (χ0n) is 20.2. The number of nitrogens with zero attached hydrogens (tertiary/aromatic N) is 2. The molecule has 3 rings (SSSR count). The molecule has 0 aromatic heterocycles. The lowest BCUT2D eigenvalue weighted by molar-refractivity contribution is 0.00905. The Hall–Kier alpha value is -2.10. The molecule has 34 heavy (non-hydrogen) atoms. The molecule has 0 amide bonds. The summed E-state index contributed by atoms with van der Waals surface area (Å²) in [7, 11) is 6.41. The fraction of sp³-hybridized carbons (Fsp3) is 0.500. The van der Waals surface area contributed by atoms with Crippen molar-refractivity contribution in [1.29, 1.82) is 0 Å². The highest BCUT2D eigenvalue weighted by atomic mass is 35.5. The highest BCUT2D eigenvalue weighted by Crippen LogP contribution is 2.38. The van der Waals surface area contributed by atoms with E-state index < -0.39 is 6.10 Å². The fourth-order valence-electron chi connectivity index (χ4n) is 3.86. The second-order valence-corrected chi connectivity index (χ2v) is 7.69. The van der Waals surface area contributed by atoms with Gasteiger partial charge in [-0.05, 0) is 42.0 Å². The van der Waals surface area contributed by atoms with Crippen LogP contribution in [0.4, 0.5) is 5.69 Å². The van der Waals surface area contributed by atoms with E-state index in [-0.39, 0.29) is 31.4 Å². The number of ether oxygens (including phenoxy) is 5. The maximum atomic E-state index is 10.4. The number of piperazine rings is 1. The number of aliphatic hydroxyl groups is 1. The van der Waals surface area contributed by atoms with E-state index in [4.69, 9.17) is 23.7 Å². The van der Waals surface area contributed by atoms with Gasteiger partial charge in [0.25, 0.3) is 0 Å². The third kappa shape index (κ3) is 7.99. The van der Waals surface area contributed by atoms with E-state index in [0.717, 1.165) is 37.5 Å². The Kier molecular flexibility index (Phi) is 13.2. The lowest BCUT2D eigenvalue weighted by Crippen LogP contribution is -2.49. The number of halogens is 2. The number of hydrogen-bond donors (Lipinski definition) is 1. The summed E-state index contributed by atoms with van der Waals surface area (Å²) in [6.07, 6.45) is -0.551. The van der Waals surface area contributed by atoms with Crippen LogP contribution in [0.15, 0.2) is 36.4 Å². The molecule has 192 valence electrons. The second-order valence-electron chi connectivity index (χ2n) is 7.69. The standard InChI is InChI=1S/C24H34N2O6.2ClH/c1-28-21-7-5-19(6-8-21)26-11-9-25(10-12-26)15-20(27)17-32-16-18-13-22(29-2)24(31-4)23(14-18)30-3;;/h5-8,13-14,20,27H,9-12,15-17H2,1-4H3;2*1H. The lowest BCUT2D eigenvalue weighted by atomic mass is 10.2. The zero-order valence-corrected chi connectivity index (χ0v) is 21.8. The van der Waals surface area contributed by atoms with Crippen molar-refractivity contribution >= 4 is 30.5 Å². The maximum absolute atomic E-state index is 10.4. The first-order valence-corrected chi connectivity index (χ1v) is 10.7. The van der Waals surface area contributed by atoms with Gasteiger partial charge < -0.3 is 33.7 Å². The number of methoxy groups -OCH3 is 4. The van der Waals surface area contributed by atoms with Crippen LogP contribution in [0.2, 0.25) is 0 Å². The van der Waals surface area contributed by atoms with Crippen molar-refractivity contribution in [3.05, 3.63) is 42.0 Å². The second kappa shape index (κ2) is 15.0. The predicted octanol–water partition coefficient (Wildman–Crippen LogP) is 3.26. The van der Waals surface area contributed by atoms with Crippen molar-refractivity contribution in [2.75, 3.05) is 72.7 Å². The van der Waals surface area contributed by atoms with Crippen LogP contribution in [0.1, 0.15) is 5.56 Å². The molecule has 1 fully saturated rings. The Balaban J connectivity index is 0.00000289. The third-order valence-corrected chi connectivity index (χ3v) is 5.58. The van der Waals surface area contributed by atoms with Crippen molar-refractivity contribution in [1.82, 2.24) is 4.90 Å². The Morgan fingerprint density at radius 2 is 1.41 bits per heavy atom. The van der Waals surface area contributed by atoms with Gasteiger partial charge in [0.1, 0.15) is 5.75 Å². The Bertz CT molecular complexity index is 823. The van der Waals surface area contributed by atoms with Gasteiger partial charge in [0.15, 0.2) is 11.5 Å². The van der Waals surface area contributed by atoms with E-state index in [2.05, 4.69) is 21.9 Å². The quantitative estimate of drug-likeness (QED) is 0.485. The van der Waals surface area contributed by atoms with Gasteiger partial charge in [-0.3, -0.25) is 4.90 Å². The molecule has 1 heterocycles. The number of anilines is 1. The van der Waals surface area contributed by atoms with Gasteiger partial charge in [0.2, 0.25) is 5.75 Å². The minimum absolute atomic E-state index is 0. The van der Waals surface area contributed by atoms with Crippen molar-refractivity contribution in [2.24, 2.45) is 0 Å². The number of aliphatic hydroxyl groups excluding tert-OH is 1. The van der Waals surface area contributed by atoms with E-state index >= 15 is 0 Å². The van der Waals surface area contributed by atoms with Crippen molar-refractivity contribution in [3.8, 4) is 23.0 Å². The smallest absolute Gasteiger partial charge is 0.203 e. The van der Waals surface area contributed by atoms with Crippen LogP contribution in [0, 0.1) is 0 Å². The number of benzene rings is 2. The van der Waals surface area contributed by atoms with E-state index in [9.17, 15) is 5.11 Å². The maximum Gasteiger partial charge on any atom is 0.203 e. The lowest BCUT2D eigenvalue weighted by Gasteiger charge is -2.36. The summed E-state index contributed by atoms with van der Waals surface area (Å²) in [6, 6.07) is 11.8. The minimum atomic E-state index is -0.551. The van der Waals surface area contributed by atoms with Crippen LogP contribution < -0.4 is 23.8 Å². The SMILES string of the molecule is COc1ccc(N2CCN(CC(O)COCc3cc(OC)c(OC)c(OC)c3)CC2)cc1.Cl.Cl. The Morgan fingerprint density at radius 3 is 1.91 bits per heavy atom. The number of rotatable bonds is 11. The van der Waals surface area contributed by atoms with E-state index in [0.29, 0.717) is 30.4 Å². The minimum Gasteiger partial charge on any atom is -0.497 e. The van der Waals surface area contributed by atoms with Crippen molar-refractivity contribution in [3.63, 3.8) is 0 Å². The van der Waals surface area contributed by atoms with Crippen LogP contribution in [-0.4, -0.2) is 83.9 Å². The van der Waals surface area contributed by atoms with Gasteiger partial charge in [0.05, 0.1) is 47.8 Å². The van der Waals surface area contributed by atoms with Crippen LogP contribution in [0.25, 0.3) is 0 Å². The Labute approximate surface area is 214 Å². The summed E-state index contributed by atoms with van der Waals surface area (Å²) >= 11 is 0. The third-order valence-electron chi connectivity index (χ3n) is 5.58. The van der Waals surface area contributed by atoms with Crippen molar-refractivity contribution < 1.29 is 28.8 Å². The highest BCUT2D eigenvalue weighted by Gasteiger charge is 2.20. The summed E-state index contributed by atoms with van der Waals surface area (Å²) in [6.45, 7) is 4.84. The summed E-state index contributed by atoms with van der Waals surface area (Å²) in [4.78, 5) is 4.62. The summed E-state index contributed by atoms with van der Waals surface area (Å²) in [5.41, 5.74) is 2.08. The molecule has 1 aliphatic rings. The van der Waals surface area contributed by atoms with Crippen LogP contribution in [0.3, 0.4) is 0 Å². The molecule has 1 aliphatic heterocycles. The van der Waals surface area contributed by atoms with E-state index in [1.165, 1.54) is 5.69 Å². The monoisotopic (exact) mass is 518 g/mol. The average molecular weight is 519 g/mol. The Morgan fingerprint density at radius 1 is 0.824 bits per heavy atom. The first-order chi connectivity index (χ1) is 15.6. The molecule has 1 saturated heterocycles. The summed E-state index contributed by atoms with van der Waals surface area (Å²) in [5, 5.41) is 10.4. The molecule has 2 aromatic rings. The molecule has 10 heteroatoms. The molecule has 2 aromatic carbocycles. The molecule has 1 unspecified atom stereocenters. The molecule has 0 spiro atoms. The first kappa shape index (κ1) is 29.9. The predicted molar refractivity (Wildman–Crippen MR) is 138 cm³/mol. The van der Waals surface area contributed by atoms with Gasteiger partial charge in [-0.15, -0.1) is 24.8 Å². The van der Waals surface area contributed by atoms with Gasteiger partial charge in [0, 0.05) is 38.4 Å². The van der Waals surface area contributed by atoms with Gasteiger partial charge >= 0.3 is 0 Å². The van der Waals surface area contributed by atoms with Crippen LogP contribution >= 0.6 is 24.8 Å². The van der Waals surface area contributed by atoms with Gasteiger partial charge in [-0.25, -0.2) is 0 Å². The molecular formula is C24H36Cl2N2O6. The van der Waals surface area contributed by atoms with Gasteiger partial charge in [-0.1, -0.05) is 0 Å². The molecule has 0 saturated carbocycles. The summed E-state index contributed by atoms with van der Waals surface area (Å²) < 4.78 is 27.1. The molecule has 0 bridgehead atoms. The molecule has 0 aliphatic carbocycles. The fourth-order valence-corrected chi connectivity index (χ4v) is 3.86. The molecule has 1 atom stereocenters. The van der Waals surface area contributed by atoms with Crippen LogP contribution in [-0.2, 0) is 11.3 Å². The van der Waals surface area contributed by atoms with Gasteiger partial charge in [-0.2, -0.15) is 0 Å². The average Bonchev–Trinajstić information content (AvgIpc) is 2.83. The highest BCUT2D eigenvalue weighted by molar-refractivity contribution is 5.85. The first-order valence-electron chi connectivity index (χ1n) is 10.7. The number of β-amino-alcohol motifs (C(OH)–C–C–N with tert-alkyl or cyclic N) is 1. The van der Waals surface area contributed by atoms with Crippen LogP contribution in [0.5, 0.6) is 23.0 Å². The van der Waals surface area contributed by atoms with E-state index in [1.807, 2.05) is 24.3 Å². The van der Waals surface area contributed by atoms with E-state index in [1.54, 1.807) is 28.4 Å². The largest absolute Gasteiger partial charge is 0.497 e. The number of hydrogen-bond acceptors (Lipinski definition) is 8. The molecule has 0 radical (unpaired) electrons. The normalized spacial score (nSPS) is 14.4. The zero-order chi connectivity index (χ0) is 22.9. The summed E-state index contributed by atoms with van der Waals surface area (Å²) in [5.74, 6) is 2.58. The van der Waals surface area contributed by atoms with Crippen molar-refractivity contribution in [2.45, 2.75) is 12.7 Å².